The van der Waals surface area contributed by atoms with Crippen molar-refractivity contribution in [3.63, 3.8) is 0 Å². The van der Waals surface area contributed by atoms with Crippen molar-refractivity contribution >= 4 is 49.8 Å². The van der Waals surface area contributed by atoms with E-state index in [0.29, 0.717) is 0 Å². The van der Waals surface area contributed by atoms with E-state index in [1.54, 1.807) is 0 Å². The van der Waals surface area contributed by atoms with E-state index in [9.17, 15) is 0 Å². The molecule has 2 heteroatoms. The van der Waals surface area contributed by atoms with Crippen LogP contribution in [0.1, 0.15) is 0 Å². The van der Waals surface area contributed by atoms with Gasteiger partial charge in [-0.1, -0.05) is 200 Å². The Hall–Kier alpha value is -7.94. The molecule has 60 heavy (non-hydrogen) atoms. The highest BCUT2D eigenvalue weighted by molar-refractivity contribution is 6.10. The van der Waals surface area contributed by atoms with Gasteiger partial charge in [0.25, 0.3) is 0 Å². The van der Waals surface area contributed by atoms with E-state index in [1.807, 2.05) is 12.1 Å². The fourth-order valence-corrected chi connectivity index (χ4v) is 8.89. The van der Waals surface area contributed by atoms with Crippen LogP contribution in [-0.2, 0) is 0 Å². The average molecular weight is 766 g/mol. The molecule has 11 rings (SSSR count). The number of hydrogen-bond acceptors (Lipinski definition) is 2. The zero-order valence-electron chi connectivity index (χ0n) is 32.9. The van der Waals surface area contributed by atoms with Crippen molar-refractivity contribution < 1.29 is 4.42 Å². The molecule has 0 saturated carbocycles. The molecule has 0 aliphatic heterocycles. The van der Waals surface area contributed by atoms with Crippen LogP contribution in [-0.4, -0.2) is 0 Å². The van der Waals surface area contributed by atoms with E-state index < -0.39 is 0 Å². The molecule has 10 aromatic carbocycles. The molecule has 11 aromatic rings. The summed E-state index contributed by atoms with van der Waals surface area (Å²) in [6, 6.07) is 84.9. The topological polar surface area (TPSA) is 16.4 Å². The van der Waals surface area contributed by atoms with Crippen LogP contribution < -0.4 is 4.90 Å². The first kappa shape index (κ1) is 35.2. The molecule has 0 N–H and O–H groups in total. The number of para-hydroxylation sites is 2. The van der Waals surface area contributed by atoms with Crippen molar-refractivity contribution in [3.05, 3.63) is 237 Å². The molecular formula is C58H39NO. The summed E-state index contributed by atoms with van der Waals surface area (Å²) >= 11 is 0. The monoisotopic (exact) mass is 765 g/mol. The van der Waals surface area contributed by atoms with Crippen LogP contribution in [0.15, 0.2) is 241 Å². The fourth-order valence-electron chi connectivity index (χ4n) is 8.89. The maximum atomic E-state index is 6.49. The van der Waals surface area contributed by atoms with Crippen molar-refractivity contribution in [2.45, 2.75) is 0 Å². The van der Waals surface area contributed by atoms with Crippen molar-refractivity contribution in [3.8, 4) is 55.6 Å². The Morgan fingerprint density at radius 2 is 0.767 bits per heavy atom. The van der Waals surface area contributed by atoms with Gasteiger partial charge in [-0.3, -0.25) is 0 Å². The number of benzene rings is 10. The Bertz CT molecular complexity index is 3290. The Labute approximate surface area is 349 Å². The van der Waals surface area contributed by atoms with Gasteiger partial charge >= 0.3 is 0 Å². The zero-order chi connectivity index (χ0) is 39.8. The predicted molar refractivity (Wildman–Crippen MR) is 253 cm³/mol. The molecule has 2 nitrogen and oxygen atoms in total. The number of rotatable bonds is 8. The molecule has 0 aliphatic rings. The summed E-state index contributed by atoms with van der Waals surface area (Å²) in [7, 11) is 0. The summed E-state index contributed by atoms with van der Waals surface area (Å²) in [5, 5.41) is 4.71. The van der Waals surface area contributed by atoms with Gasteiger partial charge in [-0.2, -0.15) is 0 Å². The lowest BCUT2D eigenvalue weighted by molar-refractivity contribution is 0.670. The van der Waals surface area contributed by atoms with E-state index >= 15 is 0 Å². The quantitative estimate of drug-likeness (QED) is 0.153. The Kier molecular flexibility index (Phi) is 8.87. The molecule has 1 heterocycles. The Balaban J connectivity index is 1.14. The molecule has 282 valence electrons. The van der Waals surface area contributed by atoms with Gasteiger partial charge in [-0.25, -0.2) is 0 Å². The molecule has 0 amide bonds. The van der Waals surface area contributed by atoms with Gasteiger partial charge in [0.2, 0.25) is 0 Å². The van der Waals surface area contributed by atoms with E-state index in [0.717, 1.165) is 61.3 Å². The summed E-state index contributed by atoms with van der Waals surface area (Å²) in [6.45, 7) is 0. The third-order valence-corrected chi connectivity index (χ3v) is 11.7. The lowest BCUT2D eigenvalue weighted by Crippen LogP contribution is -2.12. The second-order valence-corrected chi connectivity index (χ2v) is 15.2. The first-order valence-electron chi connectivity index (χ1n) is 20.5. The first-order valence-corrected chi connectivity index (χ1v) is 20.5. The number of fused-ring (bicyclic) bond motifs is 4. The molecule has 0 saturated heterocycles. The SMILES string of the molecule is c1ccc(-c2ccc(N(c3ccc(-c4cccc5c4oc4ccccc45)cc3)c3cccc(-c4ccccc4)c3-c3ccccc3-c3cccc4ccccc34)cc2)cc1. The standard InChI is InChI=1S/C58H39NO/c1-3-16-40(17-4-1)41-32-36-45(37-33-41)59(46-38-34-44(35-39-46)49-27-14-29-54-52-24-11-12-31-56(52)60-58(49)54)55-30-15-26-48(43-18-5-2-6-19-43)57(55)53-25-10-9-23-51(53)50-28-13-21-42-20-7-8-22-47(42)50/h1-39H. The maximum Gasteiger partial charge on any atom is 0.143 e. The minimum atomic E-state index is 0.899. The van der Waals surface area contributed by atoms with Crippen LogP contribution in [0, 0.1) is 0 Å². The largest absolute Gasteiger partial charge is 0.455 e. The minimum Gasteiger partial charge on any atom is -0.455 e. The van der Waals surface area contributed by atoms with Gasteiger partial charge in [0.05, 0.1) is 5.69 Å². The van der Waals surface area contributed by atoms with Crippen molar-refractivity contribution in [2.75, 3.05) is 4.90 Å². The molecule has 0 atom stereocenters. The summed E-state index contributed by atoms with van der Waals surface area (Å²) in [5.74, 6) is 0. The van der Waals surface area contributed by atoms with E-state index in [2.05, 4.69) is 229 Å². The number of furan rings is 1. The number of nitrogens with zero attached hydrogens (tertiary/aromatic N) is 1. The van der Waals surface area contributed by atoms with E-state index in [4.69, 9.17) is 4.42 Å². The van der Waals surface area contributed by atoms with Crippen molar-refractivity contribution in [2.24, 2.45) is 0 Å². The molecule has 0 fully saturated rings. The van der Waals surface area contributed by atoms with Crippen LogP contribution in [0.25, 0.3) is 88.3 Å². The zero-order valence-corrected chi connectivity index (χ0v) is 32.9. The number of hydrogen-bond donors (Lipinski definition) is 0. The van der Waals surface area contributed by atoms with Gasteiger partial charge < -0.3 is 9.32 Å². The molecule has 0 radical (unpaired) electrons. The smallest absolute Gasteiger partial charge is 0.143 e. The van der Waals surface area contributed by atoms with Crippen LogP contribution in [0.2, 0.25) is 0 Å². The van der Waals surface area contributed by atoms with Crippen molar-refractivity contribution in [1.82, 2.24) is 0 Å². The van der Waals surface area contributed by atoms with E-state index in [-0.39, 0.29) is 0 Å². The Morgan fingerprint density at radius 3 is 1.53 bits per heavy atom. The molecular weight excluding hydrogens is 727 g/mol. The van der Waals surface area contributed by atoms with Crippen molar-refractivity contribution in [1.29, 1.82) is 0 Å². The van der Waals surface area contributed by atoms with Crippen LogP contribution >= 0.6 is 0 Å². The van der Waals surface area contributed by atoms with Crippen LogP contribution in [0.4, 0.5) is 17.1 Å². The first-order chi connectivity index (χ1) is 29.8. The summed E-state index contributed by atoms with van der Waals surface area (Å²) < 4.78 is 6.49. The lowest BCUT2D eigenvalue weighted by Gasteiger charge is -2.30. The average Bonchev–Trinajstić information content (AvgIpc) is 3.72. The van der Waals surface area contributed by atoms with Gasteiger partial charge in [-0.05, 0) is 91.7 Å². The van der Waals surface area contributed by atoms with Gasteiger partial charge in [0, 0.05) is 33.3 Å². The Morgan fingerprint density at radius 1 is 0.283 bits per heavy atom. The molecule has 0 bridgehead atoms. The highest BCUT2D eigenvalue weighted by Crippen LogP contribution is 2.49. The predicted octanol–water partition coefficient (Wildman–Crippen LogP) is 16.5. The fraction of sp³-hybridized carbons (Fsp3) is 0. The normalized spacial score (nSPS) is 11.3. The second-order valence-electron chi connectivity index (χ2n) is 15.2. The second kappa shape index (κ2) is 15.1. The third-order valence-electron chi connectivity index (χ3n) is 11.7. The van der Waals surface area contributed by atoms with Crippen LogP contribution in [0.3, 0.4) is 0 Å². The van der Waals surface area contributed by atoms with Crippen LogP contribution in [0.5, 0.6) is 0 Å². The summed E-state index contributed by atoms with van der Waals surface area (Å²) in [4.78, 5) is 2.42. The maximum absolute atomic E-state index is 6.49. The highest BCUT2D eigenvalue weighted by Gasteiger charge is 2.23. The molecule has 0 spiro atoms. The highest BCUT2D eigenvalue weighted by atomic mass is 16.3. The van der Waals surface area contributed by atoms with Gasteiger partial charge in [-0.15, -0.1) is 0 Å². The minimum absolute atomic E-state index is 0.899. The van der Waals surface area contributed by atoms with Gasteiger partial charge in [0.15, 0.2) is 0 Å². The van der Waals surface area contributed by atoms with Gasteiger partial charge in [0.1, 0.15) is 11.2 Å². The van der Waals surface area contributed by atoms with E-state index in [1.165, 1.54) is 44.2 Å². The number of anilines is 3. The molecule has 0 unspecified atom stereocenters. The molecule has 1 aromatic heterocycles. The third kappa shape index (κ3) is 6.23. The lowest BCUT2D eigenvalue weighted by atomic mass is 9.86. The summed E-state index contributed by atoms with van der Waals surface area (Å²) in [5.41, 5.74) is 16.6. The molecule has 0 aliphatic carbocycles. The summed E-state index contributed by atoms with van der Waals surface area (Å²) in [6.07, 6.45) is 0.